The number of alkyl halides is 2. The molecule has 1 aliphatic carbocycles. The van der Waals surface area contributed by atoms with Crippen molar-refractivity contribution in [3.05, 3.63) is 59.1 Å². The number of ether oxygens (including phenoxy) is 1. The molecule has 1 aliphatic rings. The predicted molar refractivity (Wildman–Crippen MR) is 129 cm³/mol. The number of rotatable bonds is 5. The van der Waals surface area contributed by atoms with Crippen LogP contribution in [0.5, 0.6) is 11.5 Å². The van der Waals surface area contributed by atoms with Gasteiger partial charge in [0.2, 0.25) is 5.92 Å². The molecule has 10 heteroatoms. The summed E-state index contributed by atoms with van der Waals surface area (Å²) >= 11 is 0. The molecule has 36 heavy (non-hydrogen) atoms. The number of carbonyl (C=O) groups excluding carboxylic acids is 2. The SMILES string of the molecule is CNC(=O)c1c(C)oc2cc(Oc3ccnn4cc(C(=O)NC5CCCC(F)(F)C5)c(C)c34)ccc12. The Kier molecular flexibility index (Phi) is 5.89. The Morgan fingerprint density at radius 3 is 2.78 bits per heavy atom. The van der Waals surface area contributed by atoms with Crippen LogP contribution >= 0.6 is 0 Å². The van der Waals surface area contributed by atoms with Gasteiger partial charge in [-0.2, -0.15) is 5.10 Å². The molecule has 0 radical (unpaired) electrons. The van der Waals surface area contributed by atoms with E-state index in [1.165, 1.54) is 4.52 Å². The highest BCUT2D eigenvalue weighted by Crippen LogP contribution is 2.35. The summed E-state index contributed by atoms with van der Waals surface area (Å²) in [5.74, 6) is -1.97. The second kappa shape index (κ2) is 8.92. The van der Waals surface area contributed by atoms with Crippen molar-refractivity contribution in [2.24, 2.45) is 0 Å². The van der Waals surface area contributed by atoms with Crippen LogP contribution in [0.25, 0.3) is 16.5 Å². The topological polar surface area (TPSA) is 97.9 Å². The molecule has 0 spiro atoms. The summed E-state index contributed by atoms with van der Waals surface area (Å²) in [6.07, 6.45) is 3.52. The summed E-state index contributed by atoms with van der Waals surface area (Å²) in [6.45, 7) is 3.49. The van der Waals surface area contributed by atoms with Gasteiger partial charge in [-0.1, -0.05) is 0 Å². The molecule has 8 nitrogen and oxygen atoms in total. The molecule has 4 aromatic rings. The van der Waals surface area contributed by atoms with Crippen molar-refractivity contribution < 1.29 is 27.5 Å². The third-order valence-corrected chi connectivity index (χ3v) is 6.63. The van der Waals surface area contributed by atoms with Crippen LogP contribution in [0.1, 0.15) is 57.7 Å². The summed E-state index contributed by atoms with van der Waals surface area (Å²) in [6, 6.07) is 6.29. The number of nitrogens with one attached hydrogen (secondary N) is 2. The molecule has 0 bridgehead atoms. The molecular weight excluding hydrogens is 470 g/mol. The number of benzene rings is 1. The quantitative estimate of drug-likeness (QED) is 0.398. The van der Waals surface area contributed by atoms with Crippen molar-refractivity contribution in [3.63, 3.8) is 0 Å². The lowest BCUT2D eigenvalue weighted by Gasteiger charge is -2.29. The van der Waals surface area contributed by atoms with Gasteiger partial charge in [0.05, 0.1) is 17.3 Å². The fourth-order valence-corrected chi connectivity index (χ4v) is 4.89. The first-order valence-corrected chi connectivity index (χ1v) is 11.8. The zero-order valence-electron chi connectivity index (χ0n) is 20.2. The normalized spacial score (nSPS) is 17.3. The van der Waals surface area contributed by atoms with Crippen LogP contribution in [0.3, 0.4) is 0 Å². The Morgan fingerprint density at radius 2 is 2.03 bits per heavy atom. The van der Waals surface area contributed by atoms with Crippen molar-refractivity contribution in [3.8, 4) is 11.5 Å². The van der Waals surface area contributed by atoms with Gasteiger partial charge in [-0.3, -0.25) is 9.59 Å². The molecule has 2 N–H and O–H groups in total. The van der Waals surface area contributed by atoms with Crippen LogP contribution < -0.4 is 15.4 Å². The molecule has 0 saturated heterocycles. The molecule has 1 aromatic carbocycles. The number of fused-ring (bicyclic) bond motifs is 2. The van der Waals surface area contributed by atoms with E-state index in [1.807, 2.05) is 0 Å². The molecule has 1 atom stereocenters. The van der Waals surface area contributed by atoms with Gasteiger partial charge in [0.15, 0.2) is 5.75 Å². The second-order valence-electron chi connectivity index (χ2n) is 9.15. The van der Waals surface area contributed by atoms with E-state index in [0.717, 1.165) is 0 Å². The number of amides is 2. The lowest BCUT2D eigenvalue weighted by molar-refractivity contribution is -0.0429. The van der Waals surface area contributed by atoms with Gasteiger partial charge in [-0.25, -0.2) is 13.3 Å². The molecule has 5 rings (SSSR count). The zero-order chi connectivity index (χ0) is 25.6. The van der Waals surface area contributed by atoms with Crippen molar-refractivity contribution in [1.82, 2.24) is 20.2 Å². The Morgan fingerprint density at radius 1 is 1.22 bits per heavy atom. The molecule has 1 saturated carbocycles. The minimum atomic E-state index is -2.76. The Hall–Kier alpha value is -3.95. The van der Waals surface area contributed by atoms with E-state index in [4.69, 9.17) is 9.15 Å². The van der Waals surface area contributed by atoms with Gasteiger partial charge in [0.25, 0.3) is 11.8 Å². The van der Waals surface area contributed by atoms with Crippen molar-refractivity contribution in [2.45, 2.75) is 51.5 Å². The Balaban J connectivity index is 1.43. The van der Waals surface area contributed by atoms with Gasteiger partial charge in [-0.05, 0) is 44.4 Å². The molecule has 0 aliphatic heterocycles. The van der Waals surface area contributed by atoms with E-state index in [-0.39, 0.29) is 18.7 Å². The number of carbonyl (C=O) groups is 2. The zero-order valence-corrected chi connectivity index (χ0v) is 20.2. The van der Waals surface area contributed by atoms with E-state index in [9.17, 15) is 18.4 Å². The second-order valence-corrected chi connectivity index (χ2v) is 9.15. The maximum Gasteiger partial charge on any atom is 0.255 e. The Labute approximate surface area is 205 Å². The third-order valence-electron chi connectivity index (χ3n) is 6.63. The monoisotopic (exact) mass is 496 g/mol. The van der Waals surface area contributed by atoms with Gasteiger partial charge in [-0.15, -0.1) is 0 Å². The standard InChI is InChI=1S/C26H26F2N4O4/c1-14-19(24(33)31-16-5-4-9-26(27,28)12-16)13-32-23(14)20(8-10-30-32)36-17-6-7-18-21(11-17)35-15(2)22(18)25(34)29-3/h6-8,10-11,13,16H,4-5,9,12H2,1-3H3,(H,29,34)(H,31,33). The van der Waals surface area contributed by atoms with Crippen LogP contribution in [0, 0.1) is 13.8 Å². The van der Waals surface area contributed by atoms with Gasteiger partial charge in [0.1, 0.15) is 22.6 Å². The smallest absolute Gasteiger partial charge is 0.255 e. The number of aromatic nitrogens is 2. The van der Waals surface area contributed by atoms with E-state index in [2.05, 4.69) is 15.7 Å². The molecule has 3 heterocycles. The van der Waals surface area contributed by atoms with Crippen molar-refractivity contribution >= 4 is 28.3 Å². The molecule has 3 aromatic heterocycles. The summed E-state index contributed by atoms with van der Waals surface area (Å²) < 4.78 is 41.0. The molecule has 188 valence electrons. The van der Waals surface area contributed by atoms with Crippen molar-refractivity contribution in [1.29, 1.82) is 0 Å². The van der Waals surface area contributed by atoms with Gasteiger partial charge < -0.3 is 19.8 Å². The highest BCUT2D eigenvalue weighted by molar-refractivity contribution is 6.07. The summed E-state index contributed by atoms with van der Waals surface area (Å²) in [4.78, 5) is 25.2. The minimum absolute atomic E-state index is 0.143. The Bertz CT molecular complexity index is 1490. The molecule has 2 amide bonds. The number of hydrogen-bond acceptors (Lipinski definition) is 5. The summed E-state index contributed by atoms with van der Waals surface area (Å²) in [5.41, 5.74) is 2.53. The van der Waals surface area contributed by atoms with E-state index in [1.54, 1.807) is 57.6 Å². The molecular formula is C26H26F2N4O4. The van der Waals surface area contributed by atoms with Crippen LogP contribution in [-0.4, -0.2) is 40.4 Å². The fourth-order valence-electron chi connectivity index (χ4n) is 4.89. The van der Waals surface area contributed by atoms with Crippen LogP contribution in [0.2, 0.25) is 0 Å². The van der Waals surface area contributed by atoms with Crippen LogP contribution in [-0.2, 0) is 0 Å². The lowest BCUT2D eigenvalue weighted by Crippen LogP contribution is -2.42. The molecule has 1 unspecified atom stereocenters. The summed E-state index contributed by atoms with van der Waals surface area (Å²) in [7, 11) is 1.56. The van der Waals surface area contributed by atoms with Crippen LogP contribution in [0.15, 0.2) is 41.1 Å². The average molecular weight is 497 g/mol. The lowest BCUT2D eigenvalue weighted by atomic mass is 9.92. The number of nitrogens with zero attached hydrogens (tertiary/aromatic N) is 2. The van der Waals surface area contributed by atoms with Crippen molar-refractivity contribution in [2.75, 3.05) is 7.05 Å². The first-order chi connectivity index (χ1) is 17.2. The molecule has 1 fully saturated rings. The average Bonchev–Trinajstić information content (AvgIpc) is 3.34. The number of aryl methyl sites for hydroxylation is 2. The third kappa shape index (κ3) is 4.27. The maximum absolute atomic E-state index is 13.8. The minimum Gasteiger partial charge on any atom is -0.460 e. The summed E-state index contributed by atoms with van der Waals surface area (Å²) in [5, 5.41) is 10.3. The van der Waals surface area contributed by atoms with Gasteiger partial charge in [0, 0.05) is 49.6 Å². The largest absolute Gasteiger partial charge is 0.460 e. The van der Waals surface area contributed by atoms with Crippen LogP contribution in [0.4, 0.5) is 8.78 Å². The highest BCUT2D eigenvalue weighted by Gasteiger charge is 2.37. The first-order valence-electron chi connectivity index (χ1n) is 11.8. The maximum atomic E-state index is 13.8. The predicted octanol–water partition coefficient (Wildman–Crippen LogP) is 5.16. The highest BCUT2D eigenvalue weighted by atomic mass is 19.3. The first kappa shape index (κ1) is 23.8. The van der Waals surface area contributed by atoms with E-state index < -0.39 is 17.9 Å². The number of hydrogen-bond donors (Lipinski definition) is 2. The van der Waals surface area contributed by atoms with E-state index in [0.29, 0.717) is 63.3 Å². The van der Waals surface area contributed by atoms with Gasteiger partial charge >= 0.3 is 0 Å². The van der Waals surface area contributed by atoms with E-state index >= 15 is 0 Å². The fraction of sp³-hybridized carbons (Fsp3) is 0.346. The number of halogens is 2. The number of furan rings is 1.